The molecule has 0 aliphatic heterocycles. The number of hydrogen-bond acceptors (Lipinski definition) is 2. The maximum atomic E-state index is 16.5. The summed E-state index contributed by atoms with van der Waals surface area (Å²) in [6, 6.07) is 60.3. The molecule has 8 aromatic carbocycles. The number of benzene rings is 8. The van der Waals surface area contributed by atoms with Crippen LogP contribution in [0.25, 0.3) is 71.7 Å². The van der Waals surface area contributed by atoms with E-state index in [1.54, 1.807) is 6.07 Å². The number of fused-ring (bicyclic) bond motifs is 10. The van der Waals surface area contributed by atoms with Crippen molar-refractivity contribution >= 4 is 60.8 Å². The van der Waals surface area contributed by atoms with Crippen LogP contribution in [0.4, 0.5) is 21.5 Å². The molecule has 0 saturated carbocycles. The van der Waals surface area contributed by atoms with Gasteiger partial charge in [-0.05, 0) is 94.5 Å². The molecule has 0 unspecified atom stereocenters. The minimum atomic E-state index is -0.287. The highest BCUT2D eigenvalue weighted by Crippen LogP contribution is 2.56. The van der Waals surface area contributed by atoms with Gasteiger partial charge < -0.3 is 13.9 Å². The lowest BCUT2D eigenvalue weighted by Crippen LogP contribution is -2.17. The second-order valence-electron chi connectivity index (χ2n) is 15.0. The van der Waals surface area contributed by atoms with Gasteiger partial charge in [0.2, 0.25) is 0 Å². The molecule has 262 valence electrons. The van der Waals surface area contributed by atoms with Crippen LogP contribution in [-0.2, 0) is 5.41 Å². The molecule has 55 heavy (non-hydrogen) atoms. The summed E-state index contributed by atoms with van der Waals surface area (Å²) in [5.74, 6) is -0.287. The third-order valence-electron chi connectivity index (χ3n) is 11.6. The van der Waals surface area contributed by atoms with Crippen LogP contribution in [0.5, 0.6) is 0 Å². The van der Waals surface area contributed by atoms with E-state index in [9.17, 15) is 0 Å². The van der Waals surface area contributed by atoms with Crippen molar-refractivity contribution in [2.45, 2.75) is 19.3 Å². The van der Waals surface area contributed by atoms with Gasteiger partial charge in [-0.15, -0.1) is 0 Å². The Hall–Kier alpha value is -6.91. The molecule has 0 bridgehead atoms. The van der Waals surface area contributed by atoms with E-state index in [1.165, 1.54) is 22.3 Å². The fraction of sp³-hybridized carbons (Fsp3) is 0.0588. The highest BCUT2D eigenvalue weighted by molar-refractivity contribution is 6.19. The van der Waals surface area contributed by atoms with E-state index >= 15 is 4.39 Å². The quantitative estimate of drug-likeness (QED) is 0.177. The van der Waals surface area contributed by atoms with Crippen LogP contribution in [0.1, 0.15) is 25.0 Å². The zero-order chi connectivity index (χ0) is 36.8. The summed E-state index contributed by atoms with van der Waals surface area (Å²) in [7, 11) is 0. The standard InChI is InChI=1S/C51H35FN2O/c1-51(2)41-22-12-9-20-38(41)48-42(51)31-46(50-49(48)39-21-11-14-24-47(39)55-50)53(35-25-27-36(43(52)30-35)32-15-5-3-6-16-32)34-26-28-45-40(29-34)37-19-10-13-23-44(37)54(45)33-17-7-4-8-18-33/h3-31H,1-2H3. The molecular weight excluding hydrogens is 676 g/mol. The summed E-state index contributed by atoms with van der Waals surface area (Å²) >= 11 is 0. The van der Waals surface area contributed by atoms with Crippen molar-refractivity contribution in [3.05, 3.63) is 193 Å². The minimum absolute atomic E-state index is 0.283. The largest absolute Gasteiger partial charge is 0.454 e. The molecule has 0 spiro atoms. The smallest absolute Gasteiger partial charge is 0.160 e. The van der Waals surface area contributed by atoms with Crippen molar-refractivity contribution < 1.29 is 8.81 Å². The Kier molecular flexibility index (Phi) is 6.78. The second-order valence-corrected chi connectivity index (χ2v) is 15.0. The van der Waals surface area contributed by atoms with Crippen LogP contribution in [0.15, 0.2) is 180 Å². The van der Waals surface area contributed by atoms with Gasteiger partial charge in [-0.1, -0.05) is 123 Å². The average molecular weight is 711 g/mol. The van der Waals surface area contributed by atoms with Crippen molar-refractivity contribution in [2.75, 3.05) is 4.90 Å². The van der Waals surface area contributed by atoms with Crippen molar-refractivity contribution in [3.8, 4) is 27.9 Å². The lowest BCUT2D eigenvalue weighted by atomic mass is 9.82. The van der Waals surface area contributed by atoms with E-state index in [2.05, 4.69) is 133 Å². The van der Waals surface area contributed by atoms with Gasteiger partial charge in [-0.3, -0.25) is 0 Å². The van der Waals surface area contributed by atoms with Gasteiger partial charge in [-0.25, -0.2) is 4.39 Å². The highest BCUT2D eigenvalue weighted by atomic mass is 19.1. The Morgan fingerprint density at radius 2 is 1.20 bits per heavy atom. The van der Waals surface area contributed by atoms with Crippen LogP contribution in [0.3, 0.4) is 0 Å². The van der Waals surface area contributed by atoms with E-state index in [0.29, 0.717) is 11.3 Å². The first-order valence-corrected chi connectivity index (χ1v) is 18.8. The summed E-state index contributed by atoms with van der Waals surface area (Å²) in [5, 5.41) is 4.40. The maximum absolute atomic E-state index is 16.5. The molecule has 0 saturated heterocycles. The molecule has 3 nitrogen and oxygen atoms in total. The number of para-hydroxylation sites is 3. The zero-order valence-corrected chi connectivity index (χ0v) is 30.4. The van der Waals surface area contributed by atoms with Crippen LogP contribution in [0.2, 0.25) is 0 Å². The fourth-order valence-electron chi connectivity index (χ4n) is 9.09. The normalized spacial score (nSPS) is 13.1. The van der Waals surface area contributed by atoms with E-state index in [0.717, 1.165) is 66.4 Å². The minimum Gasteiger partial charge on any atom is -0.454 e. The number of furan rings is 1. The van der Waals surface area contributed by atoms with E-state index < -0.39 is 0 Å². The Morgan fingerprint density at radius 1 is 0.545 bits per heavy atom. The Labute approximate surface area is 318 Å². The number of aromatic nitrogens is 1. The molecule has 10 aromatic rings. The van der Waals surface area contributed by atoms with Gasteiger partial charge in [-0.2, -0.15) is 0 Å². The number of hydrogen-bond donors (Lipinski definition) is 0. The third-order valence-corrected chi connectivity index (χ3v) is 11.6. The lowest BCUT2D eigenvalue weighted by Gasteiger charge is -2.29. The molecule has 0 N–H and O–H groups in total. The predicted octanol–water partition coefficient (Wildman–Crippen LogP) is 14.3. The molecule has 0 amide bonds. The van der Waals surface area contributed by atoms with Gasteiger partial charge in [0, 0.05) is 49.6 Å². The molecule has 0 atom stereocenters. The Morgan fingerprint density at radius 3 is 2.02 bits per heavy atom. The molecule has 4 heteroatoms. The fourth-order valence-corrected chi connectivity index (χ4v) is 9.09. The lowest BCUT2D eigenvalue weighted by molar-refractivity contribution is 0.631. The summed E-state index contributed by atoms with van der Waals surface area (Å²) in [5.41, 5.74) is 13.4. The molecule has 0 radical (unpaired) electrons. The van der Waals surface area contributed by atoms with E-state index in [1.807, 2.05) is 60.7 Å². The van der Waals surface area contributed by atoms with Crippen molar-refractivity contribution in [1.29, 1.82) is 0 Å². The van der Waals surface area contributed by atoms with Crippen LogP contribution in [-0.4, -0.2) is 4.57 Å². The van der Waals surface area contributed by atoms with E-state index in [-0.39, 0.29) is 11.2 Å². The number of anilines is 3. The summed E-state index contributed by atoms with van der Waals surface area (Å²) < 4.78 is 25.8. The molecule has 1 aliphatic rings. The summed E-state index contributed by atoms with van der Waals surface area (Å²) in [6.45, 7) is 4.61. The maximum Gasteiger partial charge on any atom is 0.160 e. The van der Waals surface area contributed by atoms with Gasteiger partial charge in [0.05, 0.1) is 16.7 Å². The van der Waals surface area contributed by atoms with Gasteiger partial charge in [0.1, 0.15) is 11.4 Å². The van der Waals surface area contributed by atoms with Crippen molar-refractivity contribution in [2.24, 2.45) is 0 Å². The monoisotopic (exact) mass is 710 g/mol. The Bertz CT molecular complexity index is 3140. The van der Waals surface area contributed by atoms with Gasteiger partial charge in [0.15, 0.2) is 5.58 Å². The average Bonchev–Trinajstić information content (AvgIpc) is 3.85. The first-order chi connectivity index (χ1) is 27.0. The van der Waals surface area contributed by atoms with E-state index in [4.69, 9.17) is 4.42 Å². The van der Waals surface area contributed by atoms with Crippen LogP contribution in [0, 0.1) is 5.82 Å². The molecule has 2 heterocycles. The van der Waals surface area contributed by atoms with Gasteiger partial charge in [0.25, 0.3) is 0 Å². The third kappa shape index (κ3) is 4.61. The predicted molar refractivity (Wildman–Crippen MR) is 226 cm³/mol. The molecule has 11 rings (SSSR count). The molecular formula is C51H35FN2O. The van der Waals surface area contributed by atoms with Crippen LogP contribution < -0.4 is 4.90 Å². The summed E-state index contributed by atoms with van der Waals surface area (Å²) in [4.78, 5) is 2.19. The molecule has 2 aromatic heterocycles. The highest BCUT2D eigenvalue weighted by Gasteiger charge is 2.39. The van der Waals surface area contributed by atoms with Crippen molar-refractivity contribution in [3.63, 3.8) is 0 Å². The first-order valence-electron chi connectivity index (χ1n) is 18.8. The van der Waals surface area contributed by atoms with Crippen molar-refractivity contribution in [1.82, 2.24) is 4.57 Å². The Balaban J connectivity index is 1.23. The number of halogens is 1. The second kappa shape index (κ2) is 11.8. The zero-order valence-electron chi connectivity index (χ0n) is 30.4. The van der Waals surface area contributed by atoms with Gasteiger partial charge >= 0.3 is 0 Å². The number of rotatable bonds is 5. The topological polar surface area (TPSA) is 21.3 Å². The molecule has 1 aliphatic carbocycles. The molecule has 0 fully saturated rings. The number of nitrogens with zero attached hydrogens (tertiary/aromatic N) is 2. The summed E-state index contributed by atoms with van der Waals surface area (Å²) in [6.07, 6.45) is 0. The SMILES string of the molecule is CC1(C)c2ccccc2-c2c1cc(N(c1ccc(-c3ccccc3)c(F)c1)c1ccc3c(c1)c1ccccc1n3-c1ccccc1)c1oc3ccccc3c21. The van der Waals surface area contributed by atoms with Crippen LogP contribution >= 0.6 is 0 Å². The first kappa shape index (κ1) is 31.6.